The lowest BCUT2D eigenvalue weighted by molar-refractivity contribution is -0.141. The number of rotatable bonds is 10. The van der Waals surface area contributed by atoms with Crippen LogP contribution >= 0.6 is 0 Å². The molecule has 6 heteroatoms. The maximum Gasteiger partial charge on any atom is 0.306 e. The Morgan fingerprint density at radius 3 is 2.50 bits per heavy atom. The number of nitrogens with zero attached hydrogens (tertiary/aromatic N) is 1. The van der Waals surface area contributed by atoms with E-state index in [1.165, 1.54) is 7.11 Å². The molecule has 6 nitrogen and oxygen atoms in total. The van der Waals surface area contributed by atoms with Crippen molar-refractivity contribution in [1.82, 2.24) is 10.2 Å². The van der Waals surface area contributed by atoms with Crippen molar-refractivity contribution < 1.29 is 19.1 Å². The molecule has 0 spiro atoms. The highest BCUT2D eigenvalue weighted by Gasteiger charge is 2.12. The van der Waals surface area contributed by atoms with Gasteiger partial charge in [0.2, 0.25) is 5.91 Å². The molecule has 0 aromatic rings. The SMILES string of the molecule is CCCNC(=O)CN(CCOC)CCC(=O)OC. The van der Waals surface area contributed by atoms with Gasteiger partial charge in [0.25, 0.3) is 0 Å². The lowest BCUT2D eigenvalue weighted by atomic mass is 10.3. The Balaban J connectivity index is 4.04. The molecular formula is C12H24N2O4. The fourth-order valence-electron chi connectivity index (χ4n) is 1.37. The summed E-state index contributed by atoms with van der Waals surface area (Å²) in [6.07, 6.45) is 1.19. The highest BCUT2D eigenvalue weighted by molar-refractivity contribution is 5.78. The zero-order valence-electron chi connectivity index (χ0n) is 11.5. The average molecular weight is 260 g/mol. The quantitative estimate of drug-likeness (QED) is 0.561. The summed E-state index contributed by atoms with van der Waals surface area (Å²) in [6, 6.07) is 0. The fourth-order valence-corrected chi connectivity index (χ4v) is 1.37. The van der Waals surface area contributed by atoms with Crippen molar-refractivity contribution in [3.63, 3.8) is 0 Å². The minimum Gasteiger partial charge on any atom is -0.469 e. The molecule has 0 saturated heterocycles. The van der Waals surface area contributed by atoms with Crippen LogP contribution in [0.4, 0.5) is 0 Å². The first-order valence-electron chi connectivity index (χ1n) is 6.18. The van der Waals surface area contributed by atoms with Crippen LogP contribution in [0.1, 0.15) is 19.8 Å². The molecule has 0 aliphatic heterocycles. The van der Waals surface area contributed by atoms with Gasteiger partial charge in [0.1, 0.15) is 0 Å². The molecule has 1 N–H and O–H groups in total. The second-order valence-electron chi connectivity index (χ2n) is 3.95. The van der Waals surface area contributed by atoms with Gasteiger partial charge < -0.3 is 14.8 Å². The zero-order valence-corrected chi connectivity index (χ0v) is 11.5. The van der Waals surface area contributed by atoms with Gasteiger partial charge >= 0.3 is 5.97 Å². The van der Waals surface area contributed by atoms with Gasteiger partial charge in [-0.05, 0) is 6.42 Å². The smallest absolute Gasteiger partial charge is 0.306 e. The maximum absolute atomic E-state index is 11.6. The Morgan fingerprint density at radius 2 is 1.94 bits per heavy atom. The van der Waals surface area contributed by atoms with Crippen LogP contribution in [0.15, 0.2) is 0 Å². The average Bonchev–Trinajstić information content (AvgIpc) is 2.38. The summed E-state index contributed by atoms with van der Waals surface area (Å²) in [6.45, 7) is 4.60. The highest BCUT2D eigenvalue weighted by Crippen LogP contribution is 1.94. The largest absolute Gasteiger partial charge is 0.469 e. The van der Waals surface area contributed by atoms with Crippen LogP contribution in [0.5, 0.6) is 0 Å². The Bertz CT molecular complexity index is 246. The summed E-state index contributed by atoms with van der Waals surface area (Å²) in [5.74, 6) is -0.302. The summed E-state index contributed by atoms with van der Waals surface area (Å²) in [7, 11) is 2.96. The lowest BCUT2D eigenvalue weighted by Gasteiger charge is -2.20. The van der Waals surface area contributed by atoms with Crippen molar-refractivity contribution in [2.45, 2.75) is 19.8 Å². The third-order valence-corrected chi connectivity index (χ3v) is 2.41. The second-order valence-corrected chi connectivity index (χ2v) is 3.95. The number of methoxy groups -OCH3 is 2. The first kappa shape index (κ1) is 16.9. The number of carbonyl (C=O) groups is 2. The van der Waals surface area contributed by atoms with Gasteiger partial charge in [-0.3, -0.25) is 14.5 Å². The third kappa shape index (κ3) is 8.95. The molecular weight excluding hydrogens is 236 g/mol. The predicted octanol–water partition coefficient (Wildman–Crippen LogP) is 0.0241. The van der Waals surface area contributed by atoms with Crippen molar-refractivity contribution in [2.75, 3.05) is 47.0 Å². The first-order valence-corrected chi connectivity index (χ1v) is 6.18. The predicted molar refractivity (Wildman–Crippen MR) is 68.2 cm³/mol. The molecule has 0 heterocycles. The number of esters is 1. The van der Waals surface area contributed by atoms with Crippen molar-refractivity contribution >= 4 is 11.9 Å². The van der Waals surface area contributed by atoms with Crippen LogP contribution in [0.2, 0.25) is 0 Å². The number of amides is 1. The Hall–Kier alpha value is -1.14. The van der Waals surface area contributed by atoms with Gasteiger partial charge in [0, 0.05) is 26.7 Å². The number of ether oxygens (including phenoxy) is 2. The zero-order chi connectivity index (χ0) is 13.8. The van der Waals surface area contributed by atoms with Crippen LogP contribution in [-0.2, 0) is 19.1 Å². The Kier molecular flexibility index (Phi) is 10.3. The molecule has 0 radical (unpaired) electrons. The molecule has 0 saturated carbocycles. The molecule has 1 amide bonds. The first-order chi connectivity index (χ1) is 8.63. The van der Waals surface area contributed by atoms with Gasteiger partial charge in [-0.25, -0.2) is 0 Å². The number of hydrogen-bond donors (Lipinski definition) is 1. The van der Waals surface area contributed by atoms with Gasteiger partial charge in [0.15, 0.2) is 0 Å². The maximum atomic E-state index is 11.6. The van der Waals surface area contributed by atoms with Crippen molar-refractivity contribution in [1.29, 1.82) is 0 Å². The molecule has 106 valence electrons. The van der Waals surface area contributed by atoms with Gasteiger partial charge in [-0.1, -0.05) is 6.92 Å². The molecule has 0 bridgehead atoms. The monoisotopic (exact) mass is 260 g/mol. The van der Waals surface area contributed by atoms with E-state index in [1.807, 2.05) is 11.8 Å². The minimum atomic E-state index is -0.272. The molecule has 0 fully saturated rings. The van der Waals surface area contributed by atoms with Crippen molar-refractivity contribution in [3.8, 4) is 0 Å². The van der Waals surface area contributed by atoms with E-state index in [0.717, 1.165) is 6.42 Å². The molecule has 0 aliphatic rings. The summed E-state index contributed by atoms with van der Waals surface area (Å²) in [5, 5.41) is 2.80. The molecule has 0 rings (SSSR count). The molecule has 0 aromatic heterocycles. The fraction of sp³-hybridized carbons (Fsp3) is 0.833. The van der Waals surface area contributed by atoms with Crippen molar-refractivity contribution in [2.24, 2.45) is 0 Å². The Morgan fingerprint density at radius 1 is 1.22 bits per heavy atom. The van der Waals surface area contributed by atoms with Crippen LogP contribution in [-0.4, -0.2) is 63.8 Å². The molecule has 0 aliphatic carbocycles. The topological polar surface area (TPSA) is 67.9 Å². The van der Waals surface area contributed by atoms with E-state index in [4.69, 9.17) is 4.74 Å². The van der Waals surface area contributed by atoms with Crippen LogP contribution in [0.3, 0.4) is 0 Å². The minimum absolute atomic E-state index is 0.0298. The Labute approximate surface area is 109 Å². The van der Waals surface area contributed by atoms with Gasteiger partial charge in [-0.2, -0.15) is 0 Å². The lowest BCUT2D eigenvalue weighted by Crippen LogP contribution is -2.40. The molecule has 18 heavy (non-hydrogen) atoms. The van der Waals surface area contributed by atoms with E-state index < -0.39 is 0 Å². The van der Waals surface area contributed by atoms with Crippen LogP contribution in [0.25, 0.3) is 0 Å². The van der Waals surface area contributed by atoms with Crippen LogP contribution in [0, 0.1) is 0 Å². The summed E-state index contributed by atoms with van der Waals surface area (Å²) in [4.78, 5) is 24.5. The van der Waals surface area contributed by atoms with Gasteiger partial charge in [-0.15, -0.1) is 0 Å². The number of hydrogen-bond acceptors (Lipinski definition) is 5. The summed E-state index contributed by atoms with van der Waals surface area (Å²) >= 11 is 0. The van der Waals surface area contributed by atoms with E-state index in [-0.39, 0.29) is 24.8 Å². The number of nitrogens with one attached hydrogen (secondary N) is 1. The second kappa shape index (κ2) is 11.0. The van der Waals surface area contributed by atoms with Gasteiger partial charge in [0.05, 0.1) is 26.7 Å². The number of carbonyl (C=O) groups excluding carboxylic acids is 2. The summed E-state index contributed by atoms with van der Waals surface area (Å²) in [5.41, 5.74) is 0. The van der Waals surface area contributed by atoms with E-state index in [2.05, 4.69) is 10.1 Å². The van der Waals surface area contributed by atoms with E-state index in [1.54, 1.807) is 7.11 Å². The standard InChI is InChI=1S/C12H24N2O4/c1-4-6-13-11(15)10-14(8-9-17-2)7-5-12(16)18-3/h4-10H2,1-3H3,(H,13,15). The van der Waals surface area contributed by atoms with E-state index in [0.29, 0.717) is 26.2 Å². The highest BCUT2D eigenvalue weighted by atomic mass is 16.5. The molecule has 0 aromatic carbocycles. The van der Waals surface area contributed by atoms with Crippen LogP contribution < -0.4 is 5.32 Å². The van der Waals surface area contributed by atoms with E-state index in [9.17, 15) is 9.59 Å². The van der Waals surface area contributed by atoms with E-state index >= 15 is 0 Å². The third-order valence-electron chi connectivity index (χ3n) is 2.41. The summed E-state index contributed by atoms with van der Waals surface area (Å²) < 4.78 is 9.56. The van der Waals surface area contributed by atoms with Crippen molar-refractivity contribution in [3.05, 3.63) is 0 Å². The molecule has 0 unspecified atom stereocenters. The molecule has 0 atom stereocenters. The normalized spacial score (nSPS) is 10.4.